The van der Waals surface area contributed by atoms with E-state index in [-0.39, 0.29) is 16.6 Å². The SMILES string of the molecule is CC1(C)OC23CC[C@@]4(C)C(CC[C@H]5Cc6c([nH]c7ccccc67)[C@@]54C)C2=CC(=O)[C@@H]1O3. The maximum atomic E-state index is 13.0. The second kappa shape index (κ2) is 5.35. The Kier molecular flexibility index (Phi) is 3.22. The van der Waals surface area contributed by atoms with Crippen LogP contribution in [0.15, 0.2) is 35.9 Å². The van der Waals surface area contributed by atoms with Crippen molar-refractivity contribution in [1.29, 1.82) is 0 Å². The lowest BCUT2D eigenvalue weighted by Gasteiger charge is -2.61. The Morgan fingerprint density at radius 3 is 2.71 bits per heavy atom. The Labute approximate surface area is 183 Å². The molecule has 2 bridgehead atoms. The molecule has 1 aromatic heterocycles. The molecule has 0 radical (unpaired) electrons. The third-order valence-corrected chi connectivity index (χ3v) is 10.1. The molecule has 3 aliphatic carbocycles. The molecule has 1 N–H and O–H groups in total. The lowest BCUT2D eigenvalue weighted by molar-refractivity contribution is -0.205. The molecule has 3 fully saturated rings. The zero-order valence-corrected chi connectivity index (χ0v) is 18.9. The molecule has 0 amide bonds. The summed E-state index contributed by atoms with van der Waals surface area (Å²) in [4.78, 5) is 16.9. The molecule has 2 aromatic rings. The van der Waals surface area contributed by atoms with Crippen LogP contribution in [0.4, 0.5) is 0 Å². The first kappa shape index (κ1) is 18.6. The van der Waals surface area contributed by atoms with E-state index >= 15 is 0 Å². The number of para-hydroxylation sites is 1. The van der Waals surface area contributed by atoms with Gasteiger partial charge < -0.3 is 14.5 Å². The molecule has 1 aromatic carbocycles. The van der Waals surface area contributed by atoms with E-state index < -0.39 is 17.5 Å². The Hall–Kier alpha value is -1.91. The highest BCUT2D eigenvalue weighted by Crippen LogP contribution is 2.70. The first-order chi connectivity index (χ1) is 14.7. The van der Waals surface area contributed by atoms with Crippen LogP contribution in [0, 0.1) is 17.3 Å². The summed E-state index contributed by atoms with van der Waals surface area (Å²) in [5.41, 5.74) is 4.89. The Morgan fingerprint density at radius 1 is 1.06 bits per heavy atom. The van der Waals surface area contributed by atoms with Gasteiger partial charge in [-0.1, -0.05) is 32.0 Å². The normalized spacial score (nSPS) is 44.5. The number of benzene rings is 1. The van der Waals surface area contributed by atoms with E-state index in [4.69, 9.17) is 9.47 Å². The highest BCUT2D eigenvalue weighted by atomic mass is 16.8. The average Bonchev–Trinajstić information content (AvgIpc) is 3.31. The number of aromatic nitrogens is 1. The number of ketones is 1. The van der Waals surface area contributed by atoms with E-state index in [0.29, 0.717) is 11.8 Å². The molecule has 7 rings (SSSR count). The average molecular weight is 418 g/mol. The zero-order chi connectivity index (χ0) is 21.4. The van der Waals surface area contributed by atoms with Gasteiger partial charge in [-0.25, -0.2) is 0 Å². The number of H-pyrrole nitrogens is 1. The molecule has 4 heteroatoms. The van der Waals surface area contributed by atoms with E-state index in [1.807, 2.05) is 19.9 Å². The van der Waals surface area contributed by atoms with E-state index in [9.17, 15) is 4.79 Å². The number of rotatable bonds is 0. The Bertz CT molecular complexity index is 1190. The van der Waals surface area contributed by atoms with Crippen LogP contribution in [-0.4, -0.2) is 28.3 Å². The number of ether oxygens (including phenoxy) is 2. The minimum atomic E-state index is -0.697. The fraction of sp³-hybridized carbons (Fsp3) is 0.593. The van der Waals surface area contributed by atoms with Gasteiger partial charge >= 0.3 is 0 Å². The standard InChI is InChI=1S/C27H31NO3/c1-24(2)23-21(29)14-19-18-10-9-15-13-17-16-7-5-6-8-20(16)28-22(17)26(15,4)25(18,3)11-12-27(19,30-23)31-24/h5-8,14-15,18,23,28H,9-13H2,1-4H3/t15-,18?,23-,25-,26+,27?/m0/s1. The van der Waals surface area contributed by atoms with Crippen LogP contribution in [0.5, 0.6) is 0 Å². The maximum Gasteiger partial charge on any atom is 0.193 e. The molecule has 1 saturated heterocycles. The summed E-state index contributed by atoms with van der Waals surface area (Å²) < 4.78 is 13.0. The van der Waals surface area contributed by atoms with Crippen LogP contribution >= 0.6 is 0 Å². The summed E-state index contributed by atoms with van der Waals surface area (Å²) in [5, 5.41) is 1.39. The number of carbonyl (C=O) groups is 1. The third-order valence-electron chi connectivity index (χ3n) is 10.1. The molecule has 6 atom stereocenters. The second-order valence-electron chi connectivity index (χ2n) is 11.6. The van der Waals surface area contributed by atoms with E-state index in [0.717, 1.165) is 31.3 Å². The van der Waals surface area contributed by atoms with Crippen LogP contribution in [0.2, 0.25) is 0 Å². The minimum Gasteiger partial charge on any atom is -0.358 e. The molecule has 2 unspecified atom stereocenters. The summed E-state index contributed by atoms with van der Waals surface area (Å²) in [5.74, 6) is 0.335. The van der Waals surface area contributed by atoms with Crippen molar-refractivity contribution in [2.24, 2.45) is 17.3 Å². The van der Waals surface area contributed by atoms with Gasteiger partial charge in [-0.05, 0) is 80.1 Å². The van der Waals surface area contributed by atoms with Gasteiger partial charge in [0.1, 0.15) is 5.60 Å². The van der Waals surface area contributed by atoms with E-state index in [1.165, 1.54) is 28.6 Å². The van der Waals surface area contributed by atoms with Crippen molar-refractivity contribution in [2.75, 3.05) is 0 Å². The van der Waals surface area contributed by atoms with Gasteiger partial charge in [0.2, 0.25) is 0 Å². The van der Waals surface area contributed by atoms with E-state index in [1.54, 1.807) is 0 Å². The summed E-state index contributed by atoms with van der Waals surface area (Å²) in [7, 11) is 0. The van der Waals surface area contributed by atoms with Crippen molar-refractivity contribution in [1.82, 2.24) is 4.98 Å². The Morgan fingerprint density at radius 2 is 1.87 bits per heavy atom. The van der Waals surface area contributed by atoms with Crippen LogP contribution in [0.25, 0.3) is 10.9 Å². The quantitative estimate of drug-likeness (QED) is 0.640. The molecule has 5 aliphatic rings. The number of hydrogen-bond acceptors (Lipinski definition) is 3. The molecular formula is C27H31NO3. The number of aromatic amines is 1. The summed E-state index contributed by atoms with van der Waals surface area (Å²) in [6.07, 6.45) is 6.78. The van der Waals surface area contributed by atoms with Gasteiger partial charge in [0.25, 0.3) is 0 Å². The van der Waals surface area contributed by atoms with Crippen molar-refractivity contribution >= 4 is 16.7 Å². The van der Waals surface area contributed by atoms with Gasteiger partial charge in [0, 0.05) is 28.4 Å². The first-order valence-electron chi connectivity index (χ1n) is 11.9. The monoisotopic (exact) mass is 417 g/mol. The first-order valence-corrected chi connectivity index (χ1v) is 11.9. The lowest BCUT2D eigenvalue weighted by Crippen LogP contribution is -2.60. The topological polar surface area (TPSA) is 51.3 Å². The number of fused-ring (bicyclic) bond motifs is 9. The molecule has 1 spiro atoms. The number of hydrogen-bond donors (Lipinski definition) is 1. The largest absolute Gasteiger partial charge is 0.358 e. The lowest BCUT2D eigenvalue weighted by atomic mass is 9.44. The van der Waals surface area contributed by atoms with Gasteiger partial charge in [-0.3, -0.25) is 4.79 Å². The smallest absolute Gasteiger partial charge is 0.193 e. The minimum absolute atomic E-state index is 0.0563. The van der Waals surface area contributed by atoms with Crippen molar-refractivity contribution in [3.63, 3.8) is 0 Å². The molecule has 4 nitrogen and oxygen atoms in total. The predicted molar refractivity (Wildman–Crippen MR) is 119 cm³/mol. The Balaban J connectivity index is 1.39. The van der Waals surface area contributed by atoms with Gasteiger partial charge in [-0.2, -0.15) is 0 Å². The highest BCUT2D eigenvalue weighted by Gasteiger charge is 2.69. The molecular weight excluding hydrogens is 386 g/mol. The van der Waals surface area contributed by atoms with Crippen LogP contribution in [-0.2, 0) is 26.1 Å². The van der Waals surface area contributed by atoms with Crippen molar-refractivity contribution in [3.8, 4) is 0 Å². The number of nitrogens with one attached hydrogen (secondary N) is 1. The fourth-order valence-electron chi connectivity index (χ4n) is 8.38. The maximum absolute atomic E-state index is 13.0. The molecule has 2 saturated carbocycles. The summed E-state index contributed by atoms with van der Waals surface area (Å²) in [6.45, 7) is 8.98. The van der Waals surface area contributed by atoms with E-state index in [2.05, 4.69) is 43.1 Å². The van der Waals surface area contributed by atoms with Crippen molar-refractivity contribution in [2.45, 2.75) is 82.7 Å². The van der Waals surface area contributed by atoms with Crippen LogP contribution in [0.3, 0.4) is 0 Å². The molecule has 2 aliphatic heterocycles. The van der Waals surface area contributed by atoms with Crippen molar-refractivity contribution in [3.05, 3.63) is 47.2 Å². The summed E-state index contributed by atoms with van der Waals surface area (Å²) >= 11 is 0. The molecule has 3 heterocycles. The van der Waals surface area contributed by atoms with Gasteiger partial charge in [0.15, 0.2) is 17.7 Å². The number of carbonyl (C=O) groups excluding carboxylic acids is 1. The second-order valence-corrected chi connectivity index (χ2v) is 11.6. The molecule has 31 heavy (non-hydrogen) atoms. The fourth-order valence-corrected chi connectivity index (χ4v) is 8.38. The van der Waals surface area contributed by atoms with Crippen molar-refractivity contribution < 1.29 is 14.3 Å². The van der Waals surface area contributed by atoms with Gasteiger partial charge in [-0.15, -0.1) is 0 Å². The summed E-state index contributed by atoms with van der Waals surface area (Å²) in [6, 6.07) is 8.75. The molecule has 162 valence electrons. The van der Waals surface area contributed by atoms with Crippen LogP contribution in [0.1, 0.15) is 64.6 Å². The van der Waals surface area contributed by atoms with Crippen LogP contribution < -0.4 is 0 Å². The predicted octanol–water partition coefficient (Wildman–Crippen LogP) is 5.21. The third kappa shape index (κ3) is 1.95. The zero-order valence-electron chi connectivity index (χ0n) is 18.9. The van der Waals surface area contributed by atoms with Gasteiger partial charge in [0.05, 0.1) is 0 Å². The highest BCUT2D eigenvalue weighted by molar-refractivity contribution is 5.97.